The second-order valence-corrected chi connectivity index (χ2v) is 3.47. The van der Waals surface area contributed by atoms with Crippen LogP contribution in [0.5, 0.6) is 0 Å². The van der Waals surface area contributed by atoms with Gasteiger partial charge in [0.05, 0.1) is 6.61 Å². The average Bonchev–Trinajstić information content (AvgIpc) is 2.50. The van der Waals surface area contributed by atoms with Gasteiger partial charge in [0.15, 0.2) is 0 Å². The van der Waals surface area contributed by atoms with E-state index in [-0.39, 0.29) is 6.61 Å². The van der Waals surface area contributed by atoms with Gasteiger partial charge < -0.3 is 5.11 Å². The lowest BCUT2D eigenvalue weighted by atomic mass is 9.96. The van der Waals surface area contributed by atoms with E-state index in [1.165, 1.54) is 6.42 Å². The van der Waals surface area contributed by atoms with Crippen LogP contribution in [0.15, 0.2) is 24.3 Å². The lowest BCUT2D eigenvalue weighted by Crippen LogP contribution is -2.33. The van der Waals surface area contributed by atoms with Crippen molar-refractivity contribution in [3.8, 4) is 0 Å². The average molecular weight is 165 g/mol. The van der Waals surface area contributed by atoms with Crippen molar-refractivity contribution < 1.29 is 5.11 Å². The van der Waals surface area contributed by atoms with Gasteiger partial charge in [-0.15, -0.1) is 0 Å². The fraction of sp³-hybridized carbons (Fsp3) is 0.600. The molecule has 0 aromatic carbocycles. The Morgan fingerprint density at radius 1 is 1.33 bits per heavy atom. The van der Waals surface area contributed by atoms with Crippen LogP contribution in [0.1, 0.15) is 6.42 Å². The molecule has 2 rings (SSSR count). The molecule has 0 bridgehead atoms. The van der Waals surface area contributed by atoms with Crippen LogP contribution in [0.2, 0.25) is 0 Å². The van der Waals surface area contributed by atoms with Crippen molar-refractivity contribution in [3.05, 3.63) is 24.3 Å². The first-order valence-corrected chi connectivity index (χ1v) is 4.62. The predicted octanol–water partition coefficient (Wildman–Crippen LogP) is 0.795. The first-order chi connectivity index (χ1) is 5.92. The Hall–Kier alpha value is -0.600. The topological polar surface area (TPSA) is 23.5 Å². The molecule has 2 aliphatic rings. The third-order valence-electron chi connectivity index (χ3n) is 2.77. The van der Waals surface area contributed by atoms with E-state index in [2.05, 4.69) is 29.2 Å². The van der Waals surface area contributed by atoms with E-state index < -0.39 is 0 Å². The quantitative estimate of drug-likeness (QED) is 0.654. The van der Waals surface area contributed by atoms with Crippen molar-refractivity contribution in [2.24, 2.45) is 5.92 Å². The number of likely N-dealkylation sites (tertiary alicyclic amines) is 1. The van der Waals surface area contributed by atoms with Crippen molar-refractivity contribution in [1.82, 2.24) is 4.90 Å². The summed E-state index contributed by atoms with van der Waals surface area (Å²) in [7, 11) is 0. The molecule has 0 saturated carbocycles. The molecule has 2 heteroatoms. The Labute approximate surface area is 73.2 Å². The van der Waals surface area contributed by atoms with Crippen LogP contribution in [0.4, 0.5) is 0 Å². The Morgan fingerprint density at radius 3 is 3.00 bits per heavy atom. The third kappa shape index (κ3) is 1.32. The molecule has 1 saturated heterocycles. The molecule has 1 heterocycles. The Kier molecular flexibility index (Phi) is 2.28. The first kappa shape index (κ1) is 8.02. The Bertz CT molecular complexity index is 210. The minimum atomic E-state index is 0.279. The van der Waals surface area contributed by atoms with Gasteiger partial charge in [-0.2, -0.15) is 0 Å². The molecule has 0 spiro atoms. The van der Waals surface area contributed by atoms with Crippen molar-refractivity contribution in [2.75, 3.05) is 19.7 Å². The molecule has 0 aromatic heterocycles. The van der Waals surface area contributed by atoms with E-state index in [1.807, 2.05) is 0 Å². The van der Waals surface area contributed by atoms with E-state index in [9.17, 15) is 0 Å². The van der Waals surface area contributed by atoms with E-state index in [4.69, 9.17) is 5.11 Å². The van der Waals surface area contributed by atoms with Gasteiger partial charge in [0.2, 0.25) is 0 Å². The highest BCUT2D eigenvalue weighted by Gasteiger charge is 2.30. The summed E-state index contributed by atoms with van der Waals surface area (Å²) < 4.78 is 0. The van der Waals surface area contributed by atoms with Gasteiger partial charge >= 0.3 is 0 Å². The molecule has 0 aromatic rings. The summed E-state index contributed by atoms with van der Waals surface area (Å²) in [6.45, 7) is 2.23. The van der Waals surface area contributed by atoms with Crippen molar-refractivity contribution in [3.63, 3.8) is 0 Å². The van der Waals surface area contributed by atoms with E-state index in [1.54, 1.807) is 0 Å². The predicted molar refractivity (Wildman–Crippen MR) is 48.8 cm³/mol. The van der Waals surface area contributed by atoms with Crippen LogP contribution in [-0.4, -0.2) is 35.7 Å². The fourth-order valence-electron chi connectivity index (χ4n) is 2.15. The molecule has 0 radical (unpaired) electrons. The monoisotopic (exact) mass is 165 g/mol. The zero-order valence-corrected chi connectivity index (χ0v) is 7.19. The van der Waals surface area contributed by atoms with E-state index in [0.717, 1.165) is 13.1 Å². The normalized spacial score (nSPS) is 34.1. The van der Waals surface area contributed by atoms with Crippen LogP contribution in [0, 0.1) is 5.92 Å². The minimum absolute atomic E-state index is 0.279. The van der Waals surface area contributed by atoms with E-state index >= 15 is 0 Å². The second kappa shape index (κ2) is 3.42. The Morgan fingerprint density at radius 2 is 2.17 bits per heavy atom. The zero-order chi connectivity index (χ0) is 8.39. The number of hydrogen-bond acceptors (Lipinski definition) is 2. The molecular formula is C10H15NO. The standard InChI is InChI=1S/C10H15NO/c12-8-7-11-6-5-9-3-1-2-4-10(9)11/h1-4,9-10,12H,5-8H2. The number of aliphatic hydroxyl groups is 1. The number of hydrogen-bond donors (Lipinski definition) is 1. The third-order valence-corrected chi connectivity index (χ3v) is 2.77. The van der Waals surface area contributed by atoms with Gasteiger partial charge in [-0.25, -0.2) is 0 Å². The number of allylic oxidation sites excluding steroid dienone is 2. The summed E-state index contributed by atoms with van der Waals surface area (Å²) in [6, 6.07) is 0.558. The van der Waals surface area contributed by atoms with Crippen LogP contribution in [0.25, 0.3) is 0 Å². The summed E-state index contributed by atoms with van der Waals surface area (Å²) in [5, 5.41) is 8.83. The molecule has 1 aliphatic carbocycles. The highest BCUT2D eigenvalue weighted by atomic mass is 16.3. The minimum Gasteiger partial charge on any atom is -0.395 e. The summed E-state index contributed by atoms with van der Waals surface area (Å²) in [6.07, 6.45) is 10.0. The van der Waals surface area contributed by atoms with Crippen molar-refractivity contribution in [1.29, 1.82) is 0 Å². The summed E-state index contributed by atoms with van der Waals surface area (Å²) in [5.41, 5.74) is 0. The largest absolute Gasteiger partial charge is 0.395 e. The van der Waals surface area contributed by atoms with E-state index in [0.29, 0.717) is 12.0 Å². The number of rotatable bonds is 2. The summed E-state index contributed by atoms with van der Waals surface area (Å²) in [4.78, 5) is 2.35. The zero-order valence-electron chi connectivity index (χ0n) is 7.19. The molecule has 2 nitrogen and oxygen atoms in total. The van der Waals surface area contributed by atoms with Crippen molar-refractivity contribution >= 4 is 0 Å². The van der Waals surface area contributed by atoms with Gasteiger partial charge in [-0.05, 0) is 18.9 Å². The molecule has 1 fully saturated rings. The SMILES string of the molecule is OCCN1CCC2C=CC=CC21. The fourth-order valence-corrected chi connectivity index (χ4v) is 2.15. The first-order valence-electron chi connectivity index (χ1n) is 4.62. The van der Waals surface area contributed by atoms with Crippen LogP contribution in [-0.2, 0) is 0 Å². The number of nitrogens with zero attached hydrogens (tertiary/aromatic N) is 1. The maximum absolute atomic E-state index is 8.83. The molecule has 1 aliphatic heterocycles. The molecule has 2 atom stereocenters. The molecule has 12 heavy (non-hydrogen) atoms. The Balaban J connectivity index is 2.03. The maximum atomic E-state index is 8.83. The number of aliphatic hydroxyl groups excluding tert-OH is 1. The van der Waals surface area contributed by atoms with Gasteiger partial charge in [-0.1, -0.05) is 24.3 Å². The smallest absolute Gasteiger partial charge is 0.0558 e. The molecule has 66 valence electrons. The number of fused-ring (bicyclic) bond motifs is 1. The maximum Gasteiger partial charge on any atom is 0.0558 e. The molecular weight excluding hydrogens is 150 g/mol. The van der Waals surface area contributed by atoms with Crippen LogP contribution >= 0.6 is 0 Å². The van der Waals surface area contributed by atoms with Gasteiger partial charge in [0.25, 0.3) is 0 Å². The molecule has 1 N–H and O–H groups in total. The van der Waals surface area contributed by atoms with Crippen molar-refractivity contribution in [2.45, 2.75) is 12.5 Å². The highest BCUT2D eigenvalue weighted by molar-refractivity contribution is 5.19. The molecule has 2 unspecified atom stereocenters. The van der Waals surface area contributed by atoms with Gasteiger partial charge in [0, 0.05) is 12.6 Å². The number of β-amino-alcohol motifs (C(OH)–C–C–N with tert-alkyl or cyclic N) is 1. The lowest BCUT2D eigenvalue weighted by molar-refractivity contribution is 0.196. The lowest BCUT2D eigenvalue weighted by Gasteiger charge is -2.24. The van der Waals surface area contributed by atoms with Gasteiger partial charge in [-0.3, -0.25) is 4.90 Å². The molecule has 0 amide bonds. The van der Waals surface area contributed by atoms with Crippen LogP contribution in [0.3, 0.4) is 0 Å². The highest BCUT2D eigenvalue weighted by Crippen LogP contribution is 2.28. The second-order valence-electron chi connectivity index (χ2n) is 3.47. The summed E-state index contributed by atoms with van der Waals surface area (Å²) in [5.74, 6) is 0.696. The van der Waals surface area contributed by atoms with Crippen LogP contribution < -0.4 is 0 Å². The van der Waals surface area contributed by atoms with Gasteiger partial charge in [0.1, 0.15) is 0 Å². The summed E-state index contributed by atoms with van der Waals surface area (Å²) >= 11 is 0.